The highest BCUT2D eigenvalue weighted by molar-refractivity contribution is 5.97. The summed E-state index contributed by atoms with van der Waals surface area (Å²) in [5, 5.41) is 3.83. The fourth-order valence-electron chi connectivity index (χ4n) is 3.17. The number of aryl methyl sites for hydroxylation is 1. The van der Waals surface area contributed by atoms with Crippen LogP contribution in [0.1, 0.15) is 52.9 Å². The summed E-state index contributed by atoms with van der Waals surface area (Å²) in [5.74, 6) is 1.42. The summed E-state index contributed by atoms with van der Waals surface area (Å²) >= 11 is 0. The molecule has 1 amide bonds. The van der Waals surface area contributed by atoms with Crippen LogP contribution in [0.2, 0.25) is 0 Å². The maximum absolute atomic E-state index is 12.4. The third-order valence-electron chi connectivity index (χ3n) is 4.55. The van der Waals surface area contributed by atoms with Crippen molar-refractivity contribution in [3.63, 3.8) is 0 Å². The monoisotopic (exact) mass is 351 g/mol. The summed E-state index contributed by atoms with van der Waals surface area (Å²) in [6.07, 6.45) is 6.72. The number of benzene rings is 1. The van der Waals surface area contributed by atoms with E-state index in [4.69, 9.17) is 9.15 Å². The van der Waals surface area contributed by atoms with Crippen molar-refractivity contribution in [3.05, 3.63) is 59.4 Å². The van der Waals surface area contributed by atoms with Crippen LogP contribution in [0.5, 0.6) is 0 Å². The molecule has 1 aliphatic heterocycles. The third-order valence-corrected chi connectivity index (χ3v) is 4.55. The van der Waals surface area contributed by atoms with E-state index in [1.54, 1.807) is 18.5 Å². The molecule has 3 heterocycles. The fourth-order valence-corrected chi connectivity index (χ4v) is 3.17. The summed E-state index contributed by atoms with van der Waals surface area (Å²) in [6.45, 7) is 3.04. The van der Waals surface area contributed by atoms with E-state index in [9.17, 15) is 4.79 Å². The molecule has 1 aliphatic rings. The van der Waals surface area contributed by atoms with Crippen LogP contribution in [0.4, 0.5) is 0 Å². The van der Waals surface area contributed by atoms with Crippen molar-refractivity contribution < 1.29 is 13.9 Å². The minimum absolute atomic E-state index is 0.00228. The van der Waals surface area contributed by atoms with Crippen LogP contribution in [0.3, 0.4) is 0 Å². The molecule has 0 saturated carbocycles. The Bertz CT molecular complexity index is 912. The molecule has 6 nitrogen and oxygen atoms in total. The number of furan rings is 1. The highest BCUT2D eigenvalue weighted by Crippen LogP contribution is 2.25. The average molecular weight is 351 g/mol. The number of hydrogen-bond donors (Lipinski definition) is 1. The van der Waals surface area contributed by atoms with Gasteiger partial charge >= 0.3 is 0 Å². The molecule has 1 atom stereocenters. The topological polar surface area (TPSA) is 77.2 Å². The van der Waals surface area contributed by atoms with Gasteiger partial charge in [-0.05, 0) is 50.5 Å². The van der Waals surface area contributed by atoms with Gasteiger partial charge < -0.3 is 14.5 Å². The predicted molar refractivity (Wildman–Crippen MR) is 96.7 cm³/mol. The van der Waals surface area contributed by atoms with Crippen LogP contribution < -0.4 is 5.32 Å². The van der Waals surface area contributed by atoms with Gasteiger partial charge in [0.05, 0.1) is 0 Å². The summed E-state index contributed by atoms with van der Waals surface area (Å²) in [6, 6.07) is 7.34. The van der Waals surface area contributed by atoms with Gasteiger partial charge in [0, 0.05) is 42.1 Å². The summed E-state index contributed by atoms with van der Waals surface area (Å²) < 4.78 is 11.2. The quantitative estimate of drug-likeness (QED) is 0.775. The molecule has 1 saturated heterocycles. The van der Waals surface area contributed by atoms with Crippen LogP contribution in [-0.4, -0.2) is 22.5 Å². The largest absolute Gasteiger partial charge is 0.461 e. The zero-order valence-electron chi connectivity index (χ0n) is 14.7. The van der Waals surface area contributed by atoms with E-state index < -0.39 is 0 Å². The van der Waals surface area contributed by atoms with Gasteiger partial charge in [0.15, 0.2) is 5.82 Å². The molecular formula is C20H21N3O3. The fraction of sp³-hybridized carbons (Fsp3) is 0.350. The molecule has 0 unspecified atom stereocenters. The van der Waals surface area contributed by atoms with E-state index in [1.807, 2.05) is 25.1 Å². The normalized spacial score (nSPS) is 17.3. The lowest BCUT2D eigenvalue weighted by Crippen LogP contribution is -2.23. The molecule has 6 heteroatoms. The summed E-state index contributed by atoms with van der Waals surface area (Å²) in [5.41, 5.74) is 2.25. The van der Waals surface area contributed by atoms with Crippen molar-refractivity contribution >= 4 is 16.9 Å². The number of rotatable bonds is 4. The Labute approximate surface area is 151 Å². The van der Waals surface area contributed by atoms with Crippen molar-refractivity contribution in [1.82, 2.24) is 15.3 Å². The van der Waals surface area contributed by atoms with E-state index >= 15 is 0 Å². The van der Waals surface area contributed by atoms with Gasteiger partial charge in [0.2, 0.25) is 0 Å². The Kier molecular flexibility index (Phi) is 4.67. The second-order valence-electron chi connectivity index (χ2n) is 6.60. The Balaban J connectivity index is 1.38. The van der Waals surface area contributed by atoms with Gasteiger partial charge in [-0.25, -0.2) is 9.97 Å². The van der Waals surface area contributed by atoms with Crippen molar-refractivity contribution in [2.75, 3.05) is 6.61 Å². The maximum atomic E-state index is 12.4. The summed E-state index contributed by atoms with van der Waals surface area (Å²) in [7, 11) is 0. The van der Waals surface area contributed by atoms with Crippen molar-refractivity contribution in [1.29, 1.82) is 0 Å². The zero-order valence-corrected chi connectivity index (χ0v) is 14.7. The highest BCUT2D eigenvalue weighted by Gasteiger charge is 2.18. The zero-order chi connectivity index (χ0) is 17.9. The van der Waals surface area contributed by atoms with Crippen molar-refractivity contribution in [2.24, 2.45) is 0 Å². The maximum Gasteiger partial charge on any atom is 0.251 e. The number of carbonyl (C=O) groups excluding carboxylic acids is 1. The first-order chi connectivity index (χ1) is 12.7. The number of ether oxygens (including phenoxy) is 1. The lowest BCUT2D eigenvalue weighted by atomic mass is 10.1. The van der Waals surface area contributed by atoms with Gasteiger partial charge in [0.25, 0.3) is 5.91 Å². The van der Waals surface area contributed by atoms with Crippen LogP contribution in [0.25, 0.3) is 11.0 Å². The van der Waals surface area contributed by atoms with Crippen LogP contribution in [-0.2, 0) is 11.3 Å². The van der Waals surface area contributed by atoms with E-state index in [0.29, 0.717) is 12.1 Å². The molecule has 3 aromatic rings. The van der Waals surface area contributed by atoms with E-state index in [-0.39, 0.29) is 12.0 Å². The second-order valence-corrected chi connectivity index (χ2v) is 6.60. The lowest BCUT2D eigenvalue weighted by Gasteiger charge is -2.21. The molecule has 2 aromatic heterocycles. The standard InChI is InChI=1S/C20H21N3O3/c1-13-8-16-9-15(5-6-17(16)26-13)20(24)23-12-14-10-21-19(22-11-14)18-4-2-3-7-25-18/h5-6,8-11,18H,2-4,7,12H2,1H3,(H,23,24)/t18-/m0/s1. The number of nitrogens with one attached hydrogen (secondary N) is 1. The minimum atomic E-state index is -0.134. The summed E-state index contributed by atoms with van der Waals surface area (Å²) in [4.78, 5) is 21.2. The van der Waals surface area contributed by atoms with Crippen LogP contribution >= 0.6 is 0 Å². The van der Waals surface area contributed by atoms with Gasteiger partial charge in [-0.2, -0.15) is 0 Å². The molecule has 134 valence electrons. The number of amides is 1. The third kappa shape index (κ3) is 3.60. The second kappa shape index (κ2) is 7.25. The van der Waals surface area contributed by atoms with E-state index in [2.05, 4.69) is 15.3 Å². The minimum Gasteiger partial charge on any atom is -0.461 e. The first kappa shape index (κ1) is 16.7. The number of fused-ring (bicyclic) bond motifs is 1. The van der Waals surface area contributed by atoms with Gasteiger partial charge in [0.1, 0.15) is 17.4 Å². The molecule has 1 fully saturated rings. The van der Waals surface area contributed by atoms with Crippen LogP contribution in [0.15, 0.2) is 41.1 Å². The number of hydrogen-bond acceptors (Lipinski definition) is 5. The van der Waals surface area contributed by atoms with Crippen molar-refractivity contribution in [2.45, 2.75) is 38.8 Å². The number of carbonyl (C=O) groups is 1. The Morgan fingerprint density at radius 2 is 2.08 bits per heavy atom. The molecule has 1 aromatic carbocycles. The molecule has 26 heavy (non-hydrogen) atoms. The molecule has 4 rings (SSSR count). The Hall–Kier alpha value is -2.73. The van der Waals surface area contributed by atoms with Gasteiger partial charge in [-0.3, -0.25) is 4.79 Å². The Morgan fingerprint density at radius 3 is 2.85 bits per heavy atom. The molecule has 0 aliphatic carbocycles. The predicted octanol–water partition coefficient (Wildman–Crippen LogP) is 3.70. The molecule has 1 N–H and O–H groups in total. The van der Waals surface area contributed by atoms with Gasteiger partial charge in [-0.15, -0.1) is 0 Å². The smallest absolute Gasteiger partial charge is 0.251 e. The molecule has 0 bridgehead atoms. The van der Waals surface area contributed by atoms with E-state index in [1.165, 1.54) is 0 Å². The molecule has 0 radical (unpaired) electrons. The van der Waals surface area contributed by atoms with Crippen LogP contribution in [0, 0.1) is 6.92 Å². The Morgan fingerprint density at radius 1 is 1.23 bits per heavy atom. The molecule has 0 spiro atoms. The highest BCUT2D eigenvalue weighted by atomic mass is 16.5. The molecular weight excluding hydrogens is 330 g/mol. The van der Waals surface area contributed by atoms with Crippen molar-refractivity contribution in [3.8, 4) is 0 Å². The first-order valence-corrected chi connectivity index (χ1v) is 8.90. The lowest BCUT2D eigenvalue weighted by molar-refractivity contribution is 0.00940. The SMILES string of the molecule is Cc1cc2cc(C(=O)NCc3cnc([C@@H]4CCCCO4)nc3)ccc2o1. The van der Waals surface area contributed by atoms with Gasteiger partial charge in [-0.1, -0.05) is 0 Å². The van der Waals surface area contributed by atoms with E-state index in [0.717, 1.165) is 54.0 Å². The first-order valence-electron chi connectivity index (χ1n) is 8.90. The number of aromatic nitrogens is 2. The average Bonchev–Trinajstić information content (AvgIpc) is 3.06. The number of nitrogens with zero attached hydrogens (tertiary/aromatic N) is 2.